The summed E-state index contributed by atoms with van der Waals surface area (Å²) in [5.41, 5.74) is -2.56. The molecular weight excluding hydrogens is 469 g/mol. The first-order chi connectivity index (χ1) is 13.1. The summed E-state index contributed by atoms with van der Waals surface area (Å²) in [4.78, 5) is 80.9. The van der Waals surface area contributed by atoms with Crippen molar-refractivity contribution in [2.75, 3.05) is 6.61 Å². The third kappa shape index (κ3) is 7.31. The van der Waals surface area contributed by atoms with Crippen molar-refractivity contribution in [2.24, 2.45) is 0 Å². The van der Waals surface area contributed by atoms with Crippen LogP contribution >= 0.6 is 23.5 Å². The Morgan fingerprint density at radius 3 is 1.97 bits per heavy atom. The molecule has 0 spiro atoms. The topological polar surface area (TPSA) is 275 Å². The smallest absolute Gasteiger partial charge is 0.362 e. The molecule has 1 aromatic rings. The number of hydrogen-bond donors (Lipinski definition) is 8. The van der Waals surface area contributed by atoms with E-state index in [-0.39, 0.29) is 0 Å². The summed E-state index contributed by atoms with van der Waals surface area (Å²) in [6, 6.07) is 0. The second-order valence-electron chi connectivity index (χ2n) is 5.53. The van der Waals surface area contributed by atoms with Crippen LogP contribution in [0.15, 0.2) is 15.8 Å². The number of phosphoric ester groups is 3. The Bertz CT molecular complexity index is 985. The maximum absolute atomic E-state index is 12.0. The van der Waals surface area contributed by atoms with Crippen LogP contribution in [0.1, 0.15) is 11.7 Å². The van der Waals surface area contributed by atoms with Crippen molar-refractivity contribution >= 4 is 23.5 Å². The van der Waals surface area contributed by atoms with Crippen LogP contribution < -0.4 is 11.2 Å². The van der Waals surface area contributed by atoms with Crippen LogP contribution in [0.25, 0.3) is 0 Å². The molecule has 20 heteroatoms. The van der Waals surface area contributed by atoms with E-state index in [4.69, 9.17) is 34.1 Å². The van der Waals surface area contributed by atoms with E-state index in [0.717, 1.165) is 6.20 Å². The summed E-state index contributed by atoms with van der Waals surface area (Å²) in [7, 11) is -15.8. The normalized spacial score (nSPS) is 26.0. The van der Waals surface area contributed by atoms with E-state index in [1.165, 1.54) is 0 Å². The average molecular weight is 484 g/mol. The Labute approximate surface area is 159 Å². The molecule has 8 N–H and O–H groups in total. The van der Waals surface area contributed by atoms with Crippen LogP contribution in [0.3, 0.4) is 0 Å². The van der Waals surface area contributed by atoms with Gasteiger partial charge in [-0.2, -0.15) is 0 Å². The van der Waals surface area contributed by atoms with E-state index in [1.54, 1.807) is 4.98 Å². The largest absolute Gasteiger partial charge is 0.470 e. The van der Waals surface area contributed by atoms with Crippen LogP contribution in [-0.4, -0.2) is 64.2 Å². The van der Waals surface area contributed by atoms with E-state index in [9.17, 15) is 23.3 Å². The predicted molar refractivity (Wildman–Crippen MR) is 87.1 cm³/mol. The third-order valence-corrected chi connectivity index (χ3v) is 4.91. The standard InChI is InChI=1S/C9H15N2O15P3/c12-8-3(1-10-9(13)11-8)5-7(26-29(20,21)22)6(25-28(17,18)19)4(24-5)2-23-27(14,15)16/h1,4-7H,2H2,(H2,14,15,16)(H2,17,18,19)(H2,20,21,22)(H2,10,11,12,13)/t4-,5+,6-,7+/m1/s1. The lowest BCUT2D eigenvalue weighted by molar-refractivity contribution is -0.0224. The molecule has 17 nitrogen and oxygen atoms in total. The number of nitrogens with one attached hydrogen (secondary N) is 2. The molecule has 0 amide bonds. The van der Waals surface area contributed by atoms with Crippen LogP contribution in [-0.2, 0) is 32.0 Å². The fourth-order valence-corrected chi connectivity index (χ4v) is 3.94. The molecule has 0 aliphatic carbocycles. The van der Waals surface area contributed by atoms with Gasteiger partial charge in [0, 0.05) is 6.20 Å². The first kappa shape index (κ1) is 24.2. The molecule has 0 bridgehead atoms. The van der Waals surface area contributed by atoms with Crippen molar-refractivity contribution in [2.45, 2.75) is 24.4 Å². The number of rotatable bonds is 8. The molecule has 1 aliphatic rings. The number of hydrogen-bond acceptors (Lipinski definition) is 9. The minimum atomic E-state index is -5.37. The minimum Gasteiger partial charge on any atom is -0.362 e. The van der Waals surface area contributed by atoms with Gasteiger partial charge >= 0.3 is 29.2 Å². The van der Waals surface area contributed by atoms with Gasteiger partial charge in [-0.25, -0.2) is 18.5 Å². The molecule has 29 heavy (non-hydrogen) atoms. The molecule has 1 aromatic heterocycles. The second-order valence-corrected chi connectivity index (χ2v) is 9.15. The third-order valence-electron chi connectivity index (χ3n) is 3.39. The molecule has 4 atom stereocenters. The van der Waals surface area contributed by atoms with Crippen LogP contribution in [0, 0.1) is 0 Å². The molecular formula is C9H15N2O15P3. The summed E-state index contributed by atoms with van der Waals surface area (Å²) < 4.78 is 51.7. The van der Waals surface area contributed by atoms with Crippen LogP contribution in [0.2, 0.25) is 0 Å². The first-order valence-electron chi connectivity index (χ1n) is 7.21. The zero-order chi connectivity index (χ0) is 22.2. The van der Waals surface area contributed by atoms with Gasteiger partial charge in [-0.1, -0.05) is 0 Å². The second kappa shape index (κ2) is 8.61. The van der Waals surface area contributed by atoms with Gasteiger partial charge in [0.15, 0.2) is 0 Å². The predicted octanol–water partition coefficient (Wildman–Crippen LogP) is -2.43. The summed E-state index contributed by atoms with van der Waals surface area (Å²) in [5.74, 6) is 0. The highest BCUT2D eigenvalue weighted by molar-refractivity contribution is 7.46. The average Bonchev–Trinajstić information content (AvgIpc) is 2.79. The molecule has 1 saturated heterocycles. The van der Waals surface area contributed by atoms with Crippen molar-refractivity contribution in [3.8, 4) is 0 Å². The molecule has 0 radical (unpaired) electrons. The van der Waals surface area contributed by atoms with E-state index >= 15 is 0 Å². The SMILES string of the molecule is O=c1[nH]cc([C@@H]2O[C@H](COP(=O)(O)O)[C@@H](OP(=O)(O)O)[C@H]2OP(=O)(O)O)c(=O)[nH]1. The molecule has 1 fully saturated rings. The molecule has 1 aliphatic heterocycles. The van der Waals surface area contributed by atoms with Crippen molar-refractivity contribution < 1.29 is 61.4 Å². The van der Waals surface area contributed by atoms with Gasteiger partial charge in [0.1, 0.15) is 24.4 Å². The number of aromatic amines is 2. The number of phosphoric acid groups is 3. The summed E-state index contributed by atoms with van der Waals surface area (Å²) in [5, 5.41) is 0. The quantitative estimate of drug-likeness (QED) is 0.178. The fourth-order valence-electron chi connectivity index (χ4n) is 2.47. The van der Waals surface area contributed by atoms with Crippen LogP contribution in [0.4, 0.5) is 0 Å². The maximum atomic E-state index is 12.0. The molecule has 2 heterocycles. The monoisotopic (exact) mass is 484 g/mol. The van der Waals surface area contributed by atoms with Gasteiger partial charge in [-0.05, 0) is 0 Å². The molecule has 0 saturated carbocycles. The first-order valence-corrected chi connectivity index (χ1v) is 11.8. The Morgan fingerprint density at radius 1 is 0.931 bits per heavy atom. The fraction of sp³-hybridized carbons (Fsp3) is 0.556. The van der Waals surface area contributed by atoms with Gasteiger partial charge < -0.3 is 39.1 Å². The van der Waals surface area contributed by atoms with Gasteiger partial charge in [-0.15, -0.1) is 0 Å². The number of aromatic nitrogens is 2. The van der Waals surface area contributed by atoms with Gasteiger partial charge in [-0.3, -0.25) is 23.3 Å². The van der Waals surface area contributed by atoms with E-state index < -0.39 is 71.3 Å². The lowest BCUT2D eigenvalue weighted by atomic mass is 10.0. The van der Waals surface area contributed by atoms with Crippen molar-refractivity contribution in [1.82, 2.24) is 9.97 Å². The Morgan fingerprint density at radius 2 is 1.48 bits per heavy atom. The molecule has 166 valence electrons. The zero-order valence-electron chi connectivity index (χ0n) is 13.8. The van der Waals surface area contributed by atoms with E-state index in [2.05, 4.69) is 13.6 Å². The van der Waals surface area contributed by atoms with Crippen molar-refractivity contribution in [3.63, 3.8) is 0 Å². The highest BCUT2D eigenvalue weighted by Crippen LogP contribution is 2.51. The molecule has 0 unspecified atom stereocenters. The maximum Gasteiger partial charge on any atom is 0.470 e. The lowest BCUT2D eigenvalue weighted by Crippen LogP contribution is -2.37. The van der Waals surface area contributed by atoms with Gasteiger partial charge in [0.25, 0.3) is 5.56 Å². The van der Waals surface area contributed by atoms with E-state index in [1.807, 2.05) is 4.98 Å². The van der Waals surface area contributed by atoms with Gasteiger partial charge in [0.05, 0.1) is 12.2 Å². The zero-order valence-corrected chi connectivity index (χ0v) is 16.5. The Kier molecular flexibility index (Phi) is 7.20. The lowest BCUT2D eigenvalue weighted by Gasteiger charge is -2.24. The Hall–Kier alpha value is -1.03. The minimum absolute atomic E-state index is 0.499. The highest BCUT2D eigenvalue weighted by Gasteiger charge is 2.53. The highest BCUT2D eigenvalue weighted by atomic mass is 31.2. The van der Waals surface area contributed by atoms with E-state index in [0.29, 0.717) is 0 Å². The Balaban J connectivity index is 2.50. The summed E-state index contributed by atoms with van der Waals surface area (Å²) >= 11 is 0. The number of H-pyrrole nitrogens is 2. The van der Waals surface area contributed by atoms with Gasteiger partial charge in [0.2, 0.25) is 0 Å². The molecule has 0 aromatic carbocycles. The van der Waals surface area contributed by atoms with Crippen LogP contribution in [0.5, 0.6) is 0 Å². The van der Waals surface area contributed by atoms with Crippen molar-refractivity contribution in [1.29, 1.82) is 0 Å². The van der Waals surface area contributed by atoms with Crippen molar-refractivity contribution in [3.05, 3.63) is 32.6 Å². The number of ether oxygens (including phenoxy) is 1. The molecule has 2 rings (SSSR count). The summed E-state index contributed by atoms with van der Waals surface area (Å²) in [6.45, 7) is -1.08. The summed E-state index contributed by atoms with van der Waals surface area (Å²) in [6.07, 6.45) is -6.93.